The summed E-state index contributed by atoms with van der Waals surface area (Å²) >= 11 is 0. The Balaban J connectivity index is 2.22. The van der Waals surface area contributed by atoms with E-state index in [-0.39, 0.29) is 17.3 Å². The molecule has 1 aromatic heterocycles. The van der Waals surface area contributed by atoms with Gasteiger partial charge in [0.05, 0.1) is 0 Å². The monoisotopic (exact) mass is 235 g/mol. The van der Waals surface area contributed by atoms with Gasteiger partial charge < -0.3 is 9.52 Å². The predicted octanol–water partition coefficient (Wildman–Crippen LogP) is 2.41. The number of carboxylic acid groups (broad SMARTS) is 1. The maximum absolute atomic E-state index is 12.7. The zero-order valence-electron chi connectivity index (χ0n) is 9.11. The summed E-state index contributed by atoms with van der Waals surface area (Å²) in [6, 6.07) is 5.89. The van der Waals surface area contributed by atoms with E-state index in [4.69, 9.17) is 9.52 Å². The lowest BCUT2D eigenvalue weighted by atomic mass is 10.1. The van der Waals surface area contributed by atoms with Crippen molar-refractivity contribution in [1.82, 2.24) is 4.98 Å². The van der Waals surface area contributed by atoms with E-state index in [1.165, 1.54) is 12.1 Å². The van der Waals surface area contributed by atoms with Crippen molar-refractivity contribution in [2.75, 3.05) is 0 Å². The molecule has 0 spiro atoms. The highest BCUT2D eigenvalue weighted by Gasteiger charge is 2.15. The first-order valence-electron chi connectivity index (χ1n) is 5.00. The molecular formula is C12H10FNO3. The molecule has 1 N–H and O–H groups in total. The van der Waals surface area contributed by atoms with Gasteiger partial charge in [-0.3, -0.25) is 0 Å². The van der Waals surface area contributed by atoms with Crippen LogP contribution in [0.3, 0.4) is 0 Å². The molecule has 1 heterocycles. The Morgan fingerprint density at radius 2 is 2.06 bits per heavy atom. The van der Waals surface area contributed by atoms with E-state index in [2.05, 4.69) is 4.98 Å². The van der Waals surface area contributed by atoms with Crippen LogP contribution in [0.4, 0.5) is 4.39 Å². The quantitative estimate of drug-likeness (QED) is 0.887. The number of carboxylic acids is 1. The van der Waals surface area contributed by atoms with Gasteiger partial charge in [-0.15, -0.1) is 0 Å². The molecule has 0 fully saturated rings. The number of carbonyl (C=O) groups is 1. The number of oxazole rings is 1. The highest BCUT2D eigenvalue weighted by Crippen LogP contribution is 2.14. The molecule has 0 unspecified atom stereocenters. The summed E-state index contributed by atoms with van der Waals surface area (Å²) in [7, 11) is 0. The molecule has 0 atom stereocenters. The SMILES string of the molecule is Cc1oc(Cc2ccc(F)cc2)nc1C(=O)O. The predicted molar refractivity (Wildman–Crippen MR) is 57.4 cm³/mol. The molecule has 0 bridgehead atoms. The number of rotatable bonds is 3. The smallest absolute Gasteiger partial charge is 0.358 e. The molecule has 17 heavy (non-hydrogen) atoms. The van der Waals surface area contributed by atoms with E-state index in [1.54, 1.807) is 19.1 Å². The van der Waals surface area contributed by atoms with Crippen LogP contribution < -0.4 is 0 Å². The first-order chi connectivity index (χ1) is 8.06. The molecule has 0 amide bonds. The van der Waals surface area contributed by atoms with Crippen LogP contribution in [0.2, 0.25) is 0 Å². The minimum atomic E-state index is -1.11. The zero-order chi connectivity index (χ0) is 12.4. The van der Waals surface area contributed by atoms with Crippen LogP contribution in [0.5, 0.6) is 0 Å². The molecule has 88 valence electrons. The van der Waals surface area contributed by atoms with Gasteiger partial charge in [0.15, 0.2) is 11.6 Å². The van der Waals surface area contributed by atoms with E-state index in [0.29, 0.717) is 12.3 Å². The van der Waals surface area contributed by atoms with Crippen LogP contribution in [-0.4, -0.2) is 16.1 Å². The van der Waals surface area contributed by atoms with Gasteiger partial charge in [-0.25, -0.2) is 14.2 Å². The Morgan fingerprint density at radius 3 is 2.59 bits per heavy atom. The second-order valence-electron chi connectivity index (χ2n) is 3.62. The van der Waals surface area contributed by atoms with E-state index in [0.717, 1.165) is 5.56 Å². The van der Waals surface area contributed by atoms with Crippen molar-refractivity contribution in [2.45, 2.75) is 13.3 Å². The van der Waals surface area contributed by atoms with Crippen molar-refractivity contribution < 1.29 is 18.7 Å². The minimum Gasteiger partial charge on any atom is -0.476 e. The van der Waals surface area contributed by atoms with Gasteiger partial charge in [0.2, 0.25) is 0 Å². The molecule has 0 saturated heterocycles. The third-order valence-corrected chi connectivity index (χ3v) is 2.31. The lowest BCUT2D eigenvalue weighted by Crippen LogP contribution is -1.99. The molecule has 2 aromatic rings. The van der Waals surface area contributed by atoms with Gasteiger partial charge >= 0.3 is 5.97 Å². The van der Waals surface area contributed by atoms with Crippen molar-refractivity contribution >= 4 is 5.97 Å². The summed E-state index contributed by atoms with van der Waals surface area (Å²) in [5.74, 6) is -0.846. The van der Waals surface area contributed by atoms with Crippen molar-refractivity contribution in [3.63, 3.8) is 0 Å². The van der Waals surface area contributed by atoms with Crippen LogP contribution >= 0.6 is 0 Å². The third kappa shape index (κ3) is 2.50. The van der Waals surface area contributed by atoms with Gasteiger partial charge in [0, 0.05) is 6.42 Å². The Labute approximate surface area is 96.7 Å². The number of hydrogen-bond acceptors (Lipinski definition) is 3. The van der Waals surface area contributed by atoms with Crippen LogP contribution in [-0.2, 0) is 6.42 Å². The highest BCUT2D eigenvalue weighted by atomic mass is 19.1. The van der Waals surface area contributed by atoms with Gasteiger partial charge in [0.1, 0.15) is 11.6 Å². The number of aromatic carboxylic acids is 1. The fraction of sp³-hybridized carbons (Fsp3) is 0.167. The van der Waals surface area contributed by atoms with Gasteiger partial charge in [-0.2, -0.15) is 0 Å². The Morgan fingerprint density at radius 1 is 1.41 bits per heavy atom. The van der Waals surface area contributed by atoms with Gasteiger partial charge in [-0.1, -0.05) is 12.1 Å². The Bertz CT molecular complexity index is 545. The van der Waals surface area contributed by atoms with E-state index in [9.17, 15) is 9.18 Å². The minimum absolute atomic E-state index is 0.0814. The molecule has 0 saturated carbocycles. The molecule has 0 radical (unpaired) electrons. The van der Waals surface area contributed by atoms with Crippen LogP contribution in [0.1, 0.15) is 27.7 Å². The fourth-order valence-corrected chi connectivity index (χ4v) is 1.50. The number of nitrogens with zero attached hydrogens (tertiary/aromatic N) is 1. The molecule has 4 nitrogen and oxygen atoms in total. The number of benzene rings is 1. The lowest BCUT2D eigenvalue weighted by Gasteiger charge is -1.96. The second-order valence-corrected chi connectivity index (χ2v) is 3.62. The lowest BCUT2D eigenvalue weighted by molar-refractivity contribution is 0.0689. The topological polar surface area (TPSA) is 63.3 Å². The van der Waals surface area contributed by atoms with Crippen molar-refractivity contribution in [3.8, 4) is 0 Å². The molecule has 5 heteroatoms. The summed E-state index contributed by atoms with van der Waals surface area (Å²) in [6.45, 7) is 1.55. The summed E-state index contributed by atoms with van der Waals surface area (Å²) in [5, 5.41) is 8.81. The molecule has 0 aliphatic heterocycles. The van der Waals surface area contributed by atoms with Crippen LogP contribution in [0.15, 0.2) is 28.7 Å². The highest BCUT2D eigenvalue weighted by molar-refractivity contribution is 5.86. The number of halogens is 1. The fourth-order valence-electron chi connectivity index (χ4n) is 1.50. The first-order valence-corrected chi connectivity index (χ1v) is 5.00. The summed E-state index contributed by atoms with van der Waals surface area (Å²) in [6.07, 6.45) is 0.342. The Kier molecular flexibility index (Phi) is 2.91. The standard InChI is InChI=1S/C12H10FNO3/c1-7-11(12(15)16)14-10(17-7)6-8-2-4-9(13)5-3-8/h2-5H,6H2,1H3,(H,15,16). The first kappa shape index (κ1) is 11.3. The Hall–Kier alpha value is -2.17. The second kappa shape index (κ2) is 4.37. The average Bonchev–Trinajstić information content (AvgIpc) is 2.63. The normalized spacial score (nSPS) is 10.5. The molecule has 1 aromatic carbocycles. The maximum atomic E-state index is 12.7. The maximum Gasteiger partial charge on any atom is 0.358 e. The van der Waals surface area contributed by atoms with Crippen molar-refractivity contribution in [3.05, 3.63) is 53.0 Å². The number of hydrogen-bond donors (Lipinski definition) is 1. The van der Waals surface area contributed by atoms with Crippen LogP contribution in [0, 0.1) is 12.7 Å². The van der Waals surface area contributed by atoms with Gasteiger partial charge in [0.25, 0.3) is 0 Å². The van der Waals surface area contributed by atoms with E-state index in [1.807, 2.05) is 0 Å². The van der Waals surface area contributed by atoms with E-state index >= 15 is 0 Å². The van der Waals surface area contributed by atoms with Crippen molar-refractivity contribution in [1.29, 1.82) is 0 Å². The molecule has 2 rings (SSSR count). The number of aromatic nitrogens is 1. The van der Waals surface area contributed by atoms with Crippen molar-refractivity contribution in [2.24, 2.45) is 0 Å². The average molecular weight is 235 g/mol. The summed E-state index contributed by atoms with van der Waals surface area (Å²) in [5.41, 5.74) is 0.728. The largest absolute Gasteiger partial charge is 0.476 e. The summed E-state index contributed by atoms with van der Waals surface area (Å²) < 4.78 is 17.9. The molecular weight excluding hydrogens is 225 g/mol. The van der Waals surface area contributed by atoms with E-state index < -0.39 is 5.97 Å². The zero-order valence-corrected chi connectivity index (χ0v) is 9.11. The molecule has 0 aliphatic carbocycles. The third-order valence-electron chi connectivity index (χ3n) is 2.31. The summed E-state index contributed by atoms with van der Waals surface area (Å²) in [4.78, 5) is 14.6. The van der Waals surface area contributed by atoms with Gasteiger partial charge in [-0.05, 0) is 24.6 Å². The number of aryl methyl sites for hydroxylation is 1. The van der Waals surface area contributed by atoms with Crippen LogP contribution in [0.25, 0.3) is 0 Å². The molecule has 0 aliphatic rings.